The maximum Gasteiger partial charge on any atom is 0.231 e. The lowest BCUT2D eigenvalue weighted by molar-refractivity contribution is 0.174. The summed E-state index contributed by atoms with van der Waals surface area (Å²) in [5.74, 6) is 2.49. The number of nitrogens with zero attached hydrogens (tertiary/aromatic N) is 5. The number of hydrogen-bond acceptors (Lipinski definition) is 5. The van der Waals surface area contributed by atoms with E-state index in [9.17, 15) is 0 Å². The van der Waals surface area contributed by atoms with Crippen LogP contribution in [0.3, 0.4) is 0 Å². The third-order valence-corrected chi connectivity index (χ3v) is 4.02. The van der Waals surface area contributed by atoms with Crippen molar-refractivity contribution in [1.82, 2.24) is 25.0 Å². The molecule has 0 spiro atoms. The SMILES string of the molecule is CN=C(NCCCCn1cnnc1)N(C)Cc1ccc2c(c1)OCO2. The molecule has 0 radical (unpaired) electrons. The van der Waals surface area contributed by atoms with E-state index in [0.29, 0.717) is 6.79 Å². The van der Waals surface area contributed by atoms with Crippen LogP contribution in [0.1, 0.15) is 18.4 Å². The number of aliphatic imine (C=N–C) groups is 1. The highest BCUT2D eigenvalue weighted by atomic mass is 16.7. The number of ether oxygens (including phenoxy) is 2. The van der Waals surface area contributed by atoms with Gasteiger partial charge >= 0.3 is 0 Å². The van der Waals surface area contributed by atoms with Gasteiger partial charge in [-0.25, -0.2) is 0 Å². The van der Waals surface area contributed by atoms with Crippen LogP contribution in [0.2, 0.25) is 0 Å². The van der Waals surface area contributed by atoms with Gasteiger partial charge in [-0.2, -0.15) is 0 Å². The highest BCUT2D eigenvalue weighted by Crippen LogP contribution is 2.32. The van der Waals surface area contributed by atoms with Gasteiger partial charge < -0.3 is 24.3 Å². The Bertz CT molecular complexity index is 701. The number of aryl methyl sites for hydroxylation is 1. The molecule has 8 heteroatoms. The molecule has 0 unspecified atom stereocenters. The highest BCUT2D eigenvalue weighted by Gasteiger charge is 2.14. The topological polar surface area (TPSA) is 76.8 Å². The Balaban J connectivity index is 1.42. The molecular weight excluding hydrogens is 320 g/mol. The van der Waals surface area contributed by atoms with Crippen LogP contribution < -0.4 is 14.8 Å². The third kappa shape index (κ3) is 4.62. The van der Waals surface area contributed by atoms with E-state index in [4.69, 9.17) is 9.47 Å². The quantitative estimate of drug-likeness (QED) is 0.466. The van der Waals surface area contributed by atoms with Gasteiger partial charge in [0.15, 0.2) is 17.5 Å². The predicted molar refractivity (Wildman–Crippen MR) is 94.6 cm³/mol. The van der Waals surface area contributed by atoms with Crippen LogP contribution in [-0.2, 0) is 13.1 Å². The smallest absolute Gasteiger partial charge is 0.231 e. The van der Waals surface area contributed by atoms with Gasteiger partial charge in [0.05, 0.1) is 0 Å². The minimum Gasteiger partial charge on any atom is -0.454 e. The van der Waals surface area contributed by atoms with Gasteiger partial charge in [-0.3, -0.25) is 4.99 Å². The lowest BCUT2D eigenvalue weighted by Crippen LogP contribution is -2.38. The molecule has 1 aromatic carbocycles. The van der Waals surface area contributed by atoms with Crippen LogP contribution in [0, 0.1) is 0 Å². The summed E-state index contributed by atoms with van der Waals surface area (Å²) in [6.45, 7) is 2.85. The average molecular weight is 344 g/mol. The number of guanidine groups is 1. The molecule has 0 bridgehead atoms. The molecule has 2 aromatic rings. The van der Waals surface area contributed by atoms with Crippen molar-refractivity contribution < 1.29 is 9.47 Å². The lowest BCUT2D eigenvalue weighted by Gasteiger charge is -2.22. The summed E-state index contributed by atoms with van der Waals surface area (Å²) in [6.07, 6.45) is 5.60. The zero-order valence-corrected chi connectivity index (χ0v) is 14.7. The molecule has 0 saturated heterocycles. The Morgan fingerprint density at radius 3 is 2.84 bits per heavy atom. The Hall–Kier alpha value is -2.77. The molecule has 1 aliphatic rings. The van der Waals surface area contributed by atoms with Gasteiger partial charge in [-0.15, -0.1) is 10.2 Å². The lowest BCUT2D eigenvalue weighted by atomic mass is 10.2. The van der Waals surface area contributed by atoms with Gasteiger partial charge in [-0.05, 0) is 30.5 Å². The summed E-state index contributed by atoms with van der Waals surface area (Å²) in [6, 6.07) is 6.02. The zero-order valence-electron chi connectivity index (χ0n) is 14.7. The summed E-state index contributed by atoms with van der Waals surface area (Å²) in [5, 5.41) is 11.0. The molecule has 0 amide bonds. The summed E-state index contributed by atoms with van der Waals surface area (Å²) >= 11 is 0. The first kappa shape index (κ1) is 17.1. The summed E-state index contributed by atoms with van der Waals surface area (Å²) in [5.41, 5.74) is 1.15. The van der Waals surface area contributed by atoms with Crippen molar-refractivity contribution in [2.45, 2.75) is 25.9 Å². The van der Waals surface area contributed by atoms with Crippen LogP contribution in [0.5, 0.6) is 11.5 Å². The first-order valence-corrected chi connectivity index (χ1v) is 8.39. The van der Waals surface area contributed by atoms with Gasteiger partial charge in [0, 0.05) is 33.7 Å². The number of unbranched alkanes of at least 4 members (excludes halogenated alkanes) is 1. The summed E-state index contributed by atoms with van der Waals surface area (Å²) in [4.78, 5) is 6.45. The van der Waals surface area contributed by atoms with E-state index in [-0.39, 0.29) is 0 Å². The van der Waals surface area contributed by atoms with Crippen molar-refractivity contribution >= 4 is 5.96 Å². The molecule has 0 aliphatic carbocycles. The monoisotopic (exact) mass is 344 g/mol. The van der Waals surface area contributed by atoms with Crippen LogP contribution in [0.4, 0.5) is 0 Å². The van der Waals surface area contributed by atoms with Crippen molar-refractivity contribution in [2.75, 3.05) is 27.4 Å². The maximum absolute atomic E-state index is 5.43. The Labute approximate surface area is 147 Å². The number of hydrogen-bond donors (Lipinski definition) is 1. The molecule has 0 fully saturated rings. The second-order valence-electron chi connectivity index (χ2n) is 5.92. The zero-order chi connectivity index (χ0) is 17.5. The van der Waals surface area contributed by atoms with E-state index in [0.717, 1.165) is 55.5 Å². The van der Waals surface area contributed by atoms with Crippen molar-refractivity contribution in [2.24, 2.45) is 4.99 Å². The van der Waals surface area contributed by atoms with Gasteiger partial charge in [-0.1, -0.05) is 6.07 Å². The standard InChI is InChI=1S/C17H24N6O2/c1-18-17(19-7-3-4-8-23-11-20-21-12-23)22(2)10-14-5-6-15-16(9-14)25-13-24-15/h5-6,9,11-12H,3-4,7-8,10,13H2,1-2H3,(H,18,19). The van der Waals surface area contributed by atoms with E-state index in [1.165, 1.54) is 0 Å². The van der Waals surface area contributed by atoms with Gasteiger partial charge in [0.2, 0.25) is 6.79 Å². The van der Waals surface area contributed by atoms with Gasteiger partial charge in [0.1, 0.15) is 12.7 Å². The molecule has 1 aromatic heterocycles. The van der Waals surface area contributed by atoms with Crippen molar-refractivity contribution in [3.63, 3.8) is 0 Å². The first-order valence-electron chi connectivity index (χ1n) is 8.39. The fourth-order valence-corrected chi connectivity index (χ4v) is 2.73. The molecule has 25 heavy (non-hydrogen) atoms. The van der Waals surface area contributed by atoms with Crippen LogP contribution in [-0.4, -0.2) is 53.1 Å². The van der Waals surface area contributed by atoms with Crippen molar-refractivity contribution in [3.05, 3.63) is 36.4 Å². The molecule has 2 heterocycles. The number of nitrogens with one attached hydrogen (secondary N) is 1. The fourth-order valence-electron chi connectivity index (χ4n) is 2.73. The van der Waals surface area contributed by atoms with Gasteiger partial charge in [0.25, 0.3) is 0 Å². The predicted octanol–water partition coefficient (Wildman–Crippen LogP) is 1.49. The minimum absolute atomic E-state index is 0.299. The third-order valence-electron chi connectivity index (χ3n) is 4.02. The number of fused-ring (bicyclic) bond motifs is 1. The van der Waals surface area contributed by atoms with Crippen LogP contribution in [0.15, 0.2) is 35.8 Å². The molecule has 3 rings (SSSR count). The van der Waals surface area contributed by atoms with E-state index in [1.807, 2.05) is 23.7 Å². The number of benzene rings is 1. The fraction of sp³-hybridized carbons (Fsp3) is 0.471. The van der Waals surface area contributed by atoms with E-state index >= 15 is 0 Å². The van der Waals surface area contributed by atoms with E-state index in [1.54, 1.807) is 19.7 Å². The van der Waals surface area contributed by atoms with E-state index < -0.39 is 0 Å². The largest absolute Gasteiger partial charge is 0.454 e. The average Bonchev–Trinajstić information content (AvgIpc) is 3.29. The Kier molecular flexibility index (Phi) is 5.71. The van der Waals surface area contributed by atoms with E-state index in [2.05, 4.69) is 31.5 Å². The van der Waals surface area contributed by atoms with Crippen molar-refractivity contribution in [1.29, 1.82) is 0 Å². The molecule has 0 saturated carbocycles. The second kappa shape index (κ2) is 8.36. The normalized spacial score (nSPS) is 13.1. The first-order chi connectivity index (χ1) is 12.3. The Morgan fingerprint density at radius 1 is 1.24 bits per heavy atom. The summed E-state index contributed by atoms with van der Waals surface area (Å²) in [7, 11) is 3.83. The molecule has 134 valence electrons. The molecule has 1 N–H and O–H groups in total. The second-order valence-corrected chi connectivity index (χ2v) is 5.92. The number of aromatic nitrogens is 3. The molecule has 8 nitrogen and oxygen atoms in total. The molecule has 0 atom stereocenters. The minimum atomic E-state index is 0.299. The van der Waals surface area contributed by atoms with Crippen LogP contribution >= 0.6 is 0 Å². The highest BCUT2D eigenvalue weighted by molar-refractivity contribution is 5.79. The van der Waals surface area contributed by atoms with Crippen LogP contribution in [0.25, 0.3) is 0 Å². The summed E-state index contributed by atoms with van der Waals surface area (Å²) < 4.78 is 12.8. The number of rotatable bonds is 7. The molecule has 1 aliphatic heterocycles. The molecular formula is C17H24N6O2. The maximum atomic E-state index is 5.43. The Morgan fingerprint density at radius 2 is 2.04 bits per heavy atom. The van der Waals surface area contributed by atoms with Crippen molar-refractivity contribution in [3.8, 4) is 11.5 Å².